The Morgan fingerprint density at radius 2 is 2.20 bits per heavy atom. The molecule has 1 aromatic rings. The van der Waals surface area contributed by atoms with Gasteiger partial charge in [0.05, 0.1) is 0 Å². The van der Waals surface area contributed by atoms with Crippen LogP contribution in [-0.4, -0.2) is 37.3 Å². The fourth-order valence-corrected chi connectivity index (χ4v) is 3.87. The molecule has 0 saturated carbocycles. The molecule has 0 aliphatic carbocycles. The van der Waals surface area contributed by atoms with Crippen molar-refractivity contribution in [3.63, 3.8) is 0 Å². The standard InChI is InChI=1S/C14H23N3O2S/c1-3-8-15-14-6-5-13(10-16-14)20(18,19)17-9-7-12(4-2)11-17/h5-6,10,12H,3-4,7-9,11H2,1-2H3,(H,15,16). The van der Waals surface area contributed by atoms with Crippen molar-refractivity contribution in [2.24, 2.45) is 5.92 Å². The van der Waals surface area contributed by atoms with Crippen molar-refractivity contribution >= 4 is 15.8 Å². The van der Waals surface area contributed by atoms with Gasteiger partial charge in [0.25, 0.3) is 0 Å². The van der Waals surface area contributed by atoms with Crippen molar-refractivity contribution < 1.29 is 8.42 Å². The first-order valence-corrected chi connectivity index (χ1v) is 8.72. The molecule has 0 aromatic carbocycles. The largest absolute Gasteiger partial charge is 0.370 e. The SMILES string of the molecule is CCCNc1ccc(S(=O)(=O)N2CCC(CC)C2)cn1. The molecule has 0 radical (unpaired) electrons. The van der Waals surface area contributed by atoms with E-state index in [9.17, 15) is 8.42 Å². The van der Waals surface area contributed by atoms with Gasteiger partial charge in [0.15, 0.2) is 0 Å². The first-order chi connectivity index (χ1) is 9.57. The molecule has 0 spiro atoms. The maximum atomic E-state index is 12.5. The van der Waals surface area contributed by atoms with E-state index in [-0.39, 0.29) is 4.90 Å². The monoisotopic (exact) mass is 297 g/mol. The average molecular weight is 297 g/mol. The molecule has 0 amide bonds. The zero-order chi connectivity index (χ0) is 14.6. The number of pyridine rings is 1. The van der Waals surface area contributed by atoms with Gasteiger partial charge in [-0.05, 0) is 30.9 Å². The summed E-state index contributed by atoms with van der Waals surface area (Å²) in [4.78, 5) is 4.46. The lowest BCUT2D eigenvalue weighted by Gasteiger charge is -2.16. The third kappa shape index (κ3) is 3.30. The van der Waals surface area contributed by atoms with Gasteiger partial charge in [0.2, 0.25) is 10.0 Å². The minimum Gasteiger partial charge on any atom is -0.370 e. The Hall–Kier alpha value is -1.14. The molecule has 6 heteroatoms. The molecule has 112 valence electrons. The molecule has 1 aliphatic rings. The van der Waals surface area contributed by atoms with Crippen LogP contribution in [0.1, 0.15) is 33.1 Å². The number of sulfonamides is 1. The van der Waals surface area contributed by atoms with E-state index in [4.69, 9.17) is 0 Å². The van der Waals surface area contributed by atoms with Crippen LogP contribution < -0.4 is 5.32 Å². The number of aromatic nitrogens is 1. The Kier molecular flexibility index (Phi) is 4.99. The van der Waals surface area contributed by atoms with Crippen LogP contribution in [0.25, 0.3) is 0 Å². The van der Waals surface area contributed by atoms with E-state index in [1.807, 2.05) is 0 Å². The quantitative estimate of drug-likeness (QED) is 0.875. The highest BCUT2D eigenvalue weighted by molar-refractivity contribution is 7.89. The second-order valence-corrected chi connectivity index (χ2v) is 7.17. The smallest absolute Gasteiger partial charge is 0.244 e. The van der Waals surface area contributed by atoms with Gasteiger partial charge in [-0.15, -0.1) is 0 Å². The summed E-state index contributed by atoms with van der Waals surface area (Å²) in [5.41, 5.74) is 0. The molecular formula is C14H23N3O2S. The van der Waals surface area contributed by atoms with Gasteiger partial charge in [-0.3, -0.25) is 0 Å². The molecule has 5 nitrogen and oxygen atoms in total. The summed E-state index contributed by atoms with van der Waals surface area (Å²) in [7, 11) is -3.38. The summed E-state index contributed by atoms with van der Waals surface area (Å²) >= 11 is 0. The van der Waals surface area contributed by atoms with Crippen LogP contribution in [0.2, 0.25) is 0 Å². The van der Waals surface area contributed by atoms with E-state index in [0.29, 0.717) is 19.0 Å². The predicted molar refractivity (Wildman–Crippen MR) is 80.2 cm³/mol. The Balaban J connectivity index is 2.10. The maximum Gasteiger partial charge on any atom is 0.244 e. The topological polar surface area (TPSA) is 62.3 Å². The number of anilines is 1. The highest BCUT2D eigenvalue weighted by atomic mass is 32.2. The number of rotatable bonds is 6. The van der Waals surface area contributed by atoms with Crippen molar-refractivity contribution in [3.05, 3.63) is 18.3 Å². The Bertz CT molecular complexity index is 528. The normalized spacial score (nSPS) is 20.2. The van der Waals surface area contributed by atoms with Gasteiger partial charge in [0.1, 0.15) is 10.7 Å². The fourth-order valence-electron chi connectivity index (χ4n) is 2.39. The minimum atomic E-state index is -3.38. The summed E-state index contributed by atoms with van der Waals surface area (Å²) < 4.78 is 26.6. The Labute approximate surface area is 121 Å². The highest BCUT2D eigenvalue weighted by Crippen LogP contribution is 2.25. The summed E-state index contributed by atoms with van der Waals surface area (Å²) in [6.07, 6.45) is 4.45. The third-order valence-corrected chi connectivity index (χ3v) is 5.60. The number of hydrogen-bond acceptors (Lipinski definition) is 4. The Morgan fingerprint density at radius 1 is 1.40 bits per heavy atom. The van der Waals surface area contributed by atoms with Crippen LogP contribution in [0.5, 0.6) is 0 Å². The van der Waals surface area contributed by atoms with E-state index < -0.39 is 10.0 Å². The fraction of sp³-hybridized carbons (Fsp3) is 0.643. The molecule has 2 heterocycles. The van der Waals surface area contributed by atoms with Crippen LogP contribution in [0.3, 0.4) is 0 Å². The van der Waals surface area contributed by atoms with Crippen LogP contribution in [-0.2, 0) is 10.0 Å². The second kappa shape index (κ2) is 6.54. The summed E-state index contributed by atoms with van der Waals surface area (Å²) in [6, 6.07) is 3.37. The molecule has 0 bridgehead atoms. The molecule has 20 heavy (non-hydrogen) atoms. The first kappa shape index (κ1) is 15.3. The van der Waals surface area contributed by atoms with E-state index in [2.05, 4.69) is 24.1 Å². The lowest BCUT2D eigenvalue weighted by atomic mass is 10.1. The van der Waals surface area contributed by atoms with Crippen LogP contribution in [0, 0.1) is 5.92 Å². The summed E-state index contributed by atoms with van der Waals surface area (Å²) in [5.74, 6) is 1.21. The molecule has 1 aromatic heterocycles. The lowest BCUT2D eigenvalue weighted by Crippen LogP contribution is -2.29. The van der Waals surface area contributed by atoms with Gasteiger partial charge in [-0.2, -0.15) is 4.31 Å². The van der Waals surface area contributed by atoms with Gasteiger partial charge in [-0.1, -0.05) is 20.3 Å². The van der Waals surface area contributed by atoms with Gasteiger partial charge >= 0.3 is 0 Å². The van der Waals surface area contributed by atoms with E-state index in [1.54, 1.807) is 16.4 Å². The van der Waals surface area contributed by atoms with Crippen LogP contribution in [0.15, 0.2) is 23.2 Å². The van der Waals surface area contributed by atoms with Crippen LogP contribution in [0.4, 0.5) is 5.82 Å². The van der Waals surface area contributed by atoms with Gasteiger partial charge < -0.3 is 5.32 Å². The molecule has 1 unspecified atom stereocenters. The zero-order valence-electron chi connectivity index (χ0n) is 12.2. The van der Waals surface area contributed by atoms with Crippen LogP contribution >= 0.6 is 0 Å². The molecular weight excluding hydrogens is 274 g/mol. The van der Waals surface area contributed by atoms with Gasteiger partial charge in [-0.25, -0.2) is 13.4 Å². The number of nitrogens with zero attached hydrogens (tertiary/aromatic N) is 2. The van der Waals surface area contributed by atoms with Crippen molar-refractivity contribution in [2.75, 3.05) is 25.0 Å². The molecule has 1 aliphatic heterocycles. The number of nitrogens with one attached hydrogen (secondary N) is 1. The van der Waals surface area contributed by atoms with Crippen molar-refractivity contribution in [1.82, 2.24) is 9.29 Å². The van der Waals surface area contributed by atoms with E-state index in [1.165, 1.54) is 6.20 Å². The predicted octanol–water partition coefficient (Wildman–Crippen LogP) is 2.32. The van der Waals surface area contributed by atoms with E-state index in [0.717, 1.165) is 31.6 Å². The molecule has 1 atom stereocenters. The summed E-state index contributed by atoms with van der Waals surface area (Å²) in [5, 5.41) is 3.14. The van der Waals surface area contributed by atoms with Crippen molar-refractivity contribution in [2.45, 2.75) is 38.0 Å². The molecule has 2 rings (SSSR count). The van der Waals surface area contributed by atoms with Crippen molar-refractivity contribution in [1.29, 1.82) is 0 Å². The minimum absolute atomic E-state index is 0.288. The highest BCUT2D eigenvalue weighted by Gasteiger charge is 2.31. The maximum absolute atomic E-state index is 12.5. The Morgan fingerprint density at radius 3 is 2.75 bits per heavy atom. The third-order valence-electron chi connectivity index (χ3n) is 3.76. The molecule has 1 fully saturated rings. The van der Waals surface area contributed by atoms with Crippen molar-refractivity contribution in [3.8, 4) is 0 Å². The molecule has 1 N–H and O–H groups in total. The first-order valence-electron chi connectivity index (χ1n) is 7.28. The van der Waals surface area contributed by atoms with Gasteiger partial charge in [0, 0.05) is 25.8 Å². The van der Waals surface area contributed by atoms with E-state index >= 15 is 0 Å². The summed E-state index contributed by atoms with van der Waals surface area (Å²) in [6.45, 7) is 6.27. The second-order valence-electron chi connectivity index (χ2n) is 5.23. The lowest BCUT2D eigenvalue weighted by molar-refractivity contribution is 0.453. The average Bonchev–Trinajstić information content (AvgIpc) is 2.95. The zero-order valence-corrected chi connectivity index (χ0v) is 13.0. The number of hydrogen-bond donors (Lipinski definition) is 1. The molecule has 1 saturated heterocycles.